The first-order valence-corrected chi connectivity index (χ1v) is 6.19. The highest BCUT2D eigenvalue weighted by Gasteiger charge is 2.03. The maximum absolute atomic E-state index is 5.73. The van der Waals surface area contributed by atoms with Crippen LogP contribution in [0.1, 0.15) is 11.3 Å². The summed E-state index contributed by atoms with van der Waals surface area (Å²) in [7, 11) is 0. The summed E-state index contributed by atoms with van der Waals surface area (Å²) in [6, 6.07) is 7.94. The van der Waals surface area contributed by atoms with Gasteiger partial charge in [-0.25, -0.2) is 4.98 Å². The standard InChI is InChI=1S/C13H14N2OS/c1-2-5-10-6-3-4-7-12(10)16-8-11-9-17-13(14)15-11/h2-4,6-7,9H,1,5,8H2,(H2,14,15). The largest absolute Gasteiger partial charge is 0.487 e. The lowest BCUT2D eigenvalue weighted by molar-refractivity contribution is 0.299. The summed E-state index contributed by atoms with van der Waals surface area (Å²) in [4.78, 5) is 4.15. The molecule has 3 nitrogen and oxygen atoms in total. The first-order valence-electron chi connectivity index (χ1n) is 5.31. The average molecular weight is 246 g/mol. The molecule has 0 saturated heterocycles. The first-order chi connectivity index (χ1) is 8.29. The Labute approximate surface area is 105 Å². The summed E-state index contributed by atoms with van der Waals surface area (Å²) in [6.07, 6.45) is 2.67. The zero-order valence-corrected chi connectivity index (χ0v) is 10.2. The first kappa shape index (κ1) is 11.7. The van der Waals surface area contributed by atoms with Gasteiger partial charge in [-0.3, -0.25) is 0 Å². The summed E-state index contributed by atoms with van der Waals surface area (Å²) >= 11 is 1.42. The smallest absolute Gasteiger partial charge is 0.180 e. The number of thiazole rings is 1. The van der Waals surface area contributed by atoms with E-state index in [2.05, 4.69) is 11.6 Å². The van der Waals surface area contributed by atoms with Gasteiger partial charge in [0.15, 0.2) is 5.13 Å². The number of nitrogens with zero attached hydrogens (tertiary/aromatic N) is 1. The maximum atomic E-state index is 5.73. The van der Waals surface area contributed by atoms with Crippen molar-refractivity contribution in [2.45, 2.75) is 13.0 Å². The van der Waals surface area contributed by atoms with Gasteiger partial charge in [0, 0.05) is 5.38 Å². The van der Waals surface area contributed by atoms with E-state index in [1.807, 2.05) is 35.7 Å². The number of hydrogen-bond donors (Lipinski definition) is 1. The minimum Gasteiger partial charge on any atom is -0.487 e. The fraction of sp³-hybridized carbons (Fsp3) is 0.154. The van der Waals surface area contributed by atoms with Gasteiger partial charge in [-0.2, -0.15) is 0 Å². The van der Waals surface area contributed by atoms with Crippen LogP contribution in [0, 0.1) is 0 Å². The predicted molar refractivity (Wildman–Crippen MR) is 71.2 cm³/mol. The second kappa shape index (κ2) is 5.50. The number of allylic oxidation sites excluding steroid dienone is 1. The van der Waals surface area contributed by atoms with Gasteiger partial charge < -0.3 is 10.5 Å². The Hall–Kier alpha value is -1.81. The van der Waals surface area contributed by atoms with Gasteiger partial charge >= 0.3 is 0 Å². The lowest BCUT2D eigenvalue weighted by Crippen LogP contribution is -1.98. The van der Waals surface area contributed by atoms with E-state index in [0.717, 1.165) is 23.4 Å². The number of rotatable bonds is 5. The molecule has 0 saturated carbocycles. The van der Waals surface area contributed by atoms with Crippen molar-refractivity contribution in [3.8, 4) is 5.75 Å². The normalized spacial score (nSPS) is 10.1. The summed E-state index contributed by atoms with van der Waals surface area (Å²) in [5, 5.41) is 2.48. The van der Waals surface area contributed by atoms with Crippen LogP contribution in [0.4, 0.5) is 5.13 Å². The number of aromatic nitrogens is 1. The minimum absolute atomic E-state index is 0.446. The molecule has 1 aromatic heterocycles. The number of nitrogens with two attached hydrogens (primary N) is 1. The molecule has 2 aromatic rings. The van der Waals surface area contributed by atoms with Gasteiger partial charge in [-0.05, 0) is 18.1 Å². The van der Waals surface area contributed by atoms with E-state index < -0.39 is 0 Å². The molecule has 88 valence electrons. The third-order valence-electron chi connectivity index (χ3n) is 2.28. The molecular weight excluding hydrogens is 232 g/mol. The molecule has 0 amide bonds. The monoisotopic (exact) mass is 246 g/mol. The number of hydrogen-bond acceptors (Lipinski definition) is 4. The fourth-order valence-electron chi connectivity index (χ4n) is 1.51. The molecule has 2 N–H and O–H groups in total. The lowest BCUT2D eigenvalue weighted by Gasteiger charge is -2.08. The molecule has 0 aliphatic rings. The van der Waals surface area contributed by atoms with Gasteiger partial charge in [0.2, 0.25) is 0 Å². The Kier molecular flexibility index (Phi) is 3.77. The number of para-hydroxylation sites is 1. The van der Waals surface area contributed by atoms with Gasteiger partial charge in [0.1, 0.15) is 12.4 Å². The maximum Gasteiger partial charge on any atom is 0.180 e. The number of benzene rings is 1. The molecule has 0 aliphatic carbocycles. The Morgan fingerprint density at radius 2 is 2.24 bits per heavy atom. The van der Waals surface area contributed by atoms with Crippen LogP contribution >= 0.6 is 11.3 Å². The van der Waals surface area contributed by atoms with Gasteiger partial charge in [0.05, 0.1) is 5.69 Å². The summed E-state index contributed by atoms with van der Waals surface area (Å²) in [5.41, 5.74) is 7.56. The van der Waals surface area contributed by atoms with Gasteiger partial charge in [-0.1, -0.05) is 24.3 Å². The Morgan fingerprint density at radius 1 is 1.41 bits per heavy atom. The summed E-state index contributed by atoms with van der Waals surface area (Å²) in [5.74, 6) is 0.874. The Bertz CT molecular complexity index is 508. The predicted octanol–water partition coefficient (Wildman–Crippen LogP) is 3.03. The highest BCUT2D eigenvalue weighted by molar-refractivity contribution is 7.13. The summed E-state index contributed by atoms with van der Waals surface area (Å²) in [6.45, 7) is 4.18. The molecule has 0 atom stereocenters. The topological polar surface area (TPSA) is 48.1 Å². The van der Waals surface area contributed by atoms with E-state index in [0.29, 0.717) is 11.7 Å². The molecular formula is C13H14N2OS. The van der Waals surface area contributed by atoms with E-state index in [9.17, 15) is 0 Å². The van der Waals surface area contributed by atoms with E-state index in [1.54, 1.807) is 0 Å². The van der Waals surface area contributed by atoms with Crippen LogP contribution < -0.4 is 10.5 Å². The molecule has 17 heavy (non-hydrogen) atoms. The summed E-state index contributed by atoms with van der Waals surface area (Å²) < 4.78 is 5.73. The van der Waals surface area contributed by atoms with Crippen molar-refractivity contribution in [1.82, 2.24) is 4.98 Å². The van der Waals surface area contributed by atoms with Crippen molar-refractivity contribution in [2.75, 3.05) is 5.73 Å². The molecule has 1 heterocycles. The van der Waals surface area contributed by atoms with Crippen LogP contribution in [-0.4, -0.2) is 4.98 Å². The minimum atomic E-state index is 0.446. The fourth-order valence-corrected chi connectivity index (χ4v) is 2.06. The van der Waals surface area contributed by atoms with Crippen molar-refractivity contribution in [2.24, 2.45) is 0 Å². The van der Waals surface area contributed by atoms with E-state index in [4.69, 9.17) is 10.5 Å². The van der Waals surface area contributed by atoms with Gasteiger partial charge in [0.25, 0.3) is 0 Å². The molecule has 1 aromatic carbocycles. The molecule has 0 fully saturated rings. The molecule has 2 rings (SSSR count). The van der Waals surface area contributed by atoms with E-state index in [1.165, 1.54) is 11.3 Å². The quantitative estimate of drug-likeness (QED) is 0.825. The van der Waals surface area contributed by atoms with Crippen LogP contribution in [0.25, 0.3) is 0 Å². The molecule has 0 unspecified atom stereocenters. The van der Waals surface area contributed by atoms with Crippen LogP contribution in [0.3, 0.4) is 0 Å². The third kappa shape index (κ3) is 3.07. The van der Waals surface area contributed by atoms with Crippen molar-refractivity contribution in [3.63, 3.8) is 0 Å². The Balaban J connectivity index is 2.05. The van der Waals surface area contributed by atoms with Crippen LogP contribution in [0.2, 0.25) is 0 Å². The second-order valence-corrected chi connectivity index (χ2v) is 4.46. The molecule has 0 radical (unpaired) electrons. The van der Waals surface area contributed by atoms with Crippen LogP contribution in [0.5, 0.6) is 5.75 Å². The van der Waals surface area contributed by atoms with Crippen molar-refractivity contribution in [1.29, 1.82) is 0 Å². The molecule has 0 spiro atoms. The average Bonchev–Trinajstić information content (AvgIpc) is 2.74. The number of anilines is 1. The van der Waals surface area contributed by atoms with Crippen molar-refractivity contribution < 1.29 is 4.74 Å². The highest BCUT2D eigenvalue weighted by atomic mass is 32.1. The van der Waals surface area contributed by atoms with Gasteiger partial charge in [-0.15, -0.1) is 17.9 Å². The molecule has 0 aliphatic heterocycles. The second-order valence-electron chi connectivity index (χ2n) is 3.57. The molecule has 4 heteroatoms. The Morgan fingerprint density at radius 3 is 2.94 bits per heavy atom. The van der Waals surface area contributed by atoms with Crippen molar-refractivity contribution in [3.05, 3.63) is 53.6 Å². The highest BCUT2D eigenvalue weighted by Crippen LogP contribution is 2.20. The van der Waals surface area contributed by atoms with E-state index >= 15 is 0 Å². The van der Waals surface area contributed by atoms with E-state index in [-0.39, 0.29) is 0 Å². The number of ether oxygens (including phenoxy) is 1. The van der Waals surface area contributed by atoms with Crippen LogP contribution in [-0.2, 0) is 13.0 Å². The zero-order valence-electron chi connectivity index (χ0n) is 9.43. The molecule has 0 bridgehead atoms. The van der Waals surface area contributed by atoms with Crippen LogP contribution in [0.15, 0.2) is 42.3 Å². The zero-order chi connectivity index (χ0) is 12.1. The third-order valence-corrected chi connectivity index (χ3v) is 3.00. The SMILES string of the molecule is C=CCc1ccccc1OCc1csc(N)n1. The lowest BCUT2D eigenvalue weighted by atomic mass is 10.1. The number of nitrogen functional groups attached to an aromatic ring is 1. The van der Waals surface area contributed by atoms with Crippen molar-refractivity contribution >= 4 is 16.5 Å².